The molecule has 6 nitrogen and oxygen atoms in total. The predicted octanol–water partition coefficient (Wildman–Crippen LogP) is -0.275. The number of amides is 1. The van der Waals surface area contributed by atoms with Crippen LogP contribution in [0.3, 0.4) is 0 Å². The molecule has 2 atom stereocenters. The van der Waals surface area contributed by atoms with Gasteiger partial charge in [-0.2, -0.15) is 0 Å². The van der Waals surface area contributed by atoms with Gasteiger partial charge >= 0.3 is 5.97 Å². The zero-order valence-corrected chi connectivity index (χ0v) is 9.63. The molecule has 0 aromatic rings. The van der Waals surface area contributed by atoms with E-state index in [1.165, 1.54) is 0 Å². The van der Waals surface area contributed by atoms with Crippen LogP contribution in [0.2, 0.25) is 0 Å². The van der Waals surface area contributed by atoms with E-state index in [-0.39, 0.29) is 19.1 Å². The molecule has 0 aromatic carbocycles. The Morgan fingerprint density at radius 1 is 1.29 bits per heavy atom. The number of hydrogen-bond acceptors (Lipinski definition) is 4. The molecule has 2 rings (SSSR count). The second-order valence-electron chi connectivity index (χ2n) is 4.40. The third-order valence-electron chi connectivity index (χ3n) is 3.17. The predicted molar refractivity (Wildman–Crippen MR) is 57.5 cm³/mol. The Bertz CT molecular complexity index is 300. The van der Waals surface area contributed by atoms with E-state index >= 15 is 0 Å². The number of likely N-dealkylation sites (tertiary alicyclic amines) is 1. The molecule has 1 N–H and O–H groups in total. The number of carbonyl (C=O) groups excluding carboxylic acids is 1. The lowest BCUT2D eigenvalue weighted by Gasteiger charge is -2.34. The Hall–Kier alpha value is -1.14. The van der Waals surface area contributed by atoms with Crippen molar-refractivity contribution in [3.63, 3.8) is 0 Å². The average molecular weight is 243 g/mol. The van der Waals surface area contributed by atoms with E-state index in [0.29, 0.717) is 26.2 Å². The van der Waals surface area contributed by atoms with E-state index < -0.39 is 18.0 Å². The zero-order chi connectivity index (χ0) is 12.3. The number of piperidine rings is 1. The number of carbonyl (C=O) groups is 2. The minimum Gasteiger partial charge on any atom is -0.481 e. The molecule has 0 saturated carbocycles. The summed E-state index contributed by atoms with van der Waals surface area (Å²) in [7, 11) is 0. The van der Waals surface area contributed by atoms with Crippen molar-refractivity contribution in [2.75, 3.05) is 32.9 Å². The van der Waals surface area contributed by atoms with E-state index in [0.717, 1.165) is 6.42 Å². The molecule has 2 fully saturated rings. The van der Waals surface area contributed by atoms with Crippen molar-refractivity contribution in [2.45, 2.75) is 18.9 Å². The van der Waals surface area contributed by atoms with Crippen molar-refractivity contribution in [1.29, 1.82) is 0 Å². The normalized spacial score (nSPS) is 30.0. The van der Waals surface area contributed by atoms with Crippen LogP contribution in [0.25, 0.3) is 0 Å². The third kappa shape index (κ3) is 2.95. The molecule has 2 aliphatic heterocycles. The highest BCUT2D eigenvalue weighted by Gasteiger charge is 2.33. The maximum Gasteiger partial charge on any atom is 0.308 e. The van der Waals surface area contributed by atoms with Crippen LogP contribution in [0, 0.1) is 5.92 Å². The minimum atomic E-state index is -0.830. The van der Waals surface area contributed by atoms with Crippen LogP contribution >= 0.6 is 0 Å². The fourth-order valence-electron chi connectivity index (χ4n) is 2.21. The minimum absolute atomic E-state index is 0.143. The maximum absolute atomic E-state index is 12.0. The Morgan fingerprint density at radius 3 is 2.76 bits per heavy atom. The quantitative estimate of drug-likeness (QED) is 0.722. The van der Waals surface area contributed by atoms with Gasteiger partial charge in [-0.05, 0) is 12.8 Å². The van der Waals surface area contributed by atoms with E-state index in [9.17, 15) is 9.59 Å². The molecular weight excluding hydrogens is 226 g/mol. The molecule has 0 spiro atoms. The summed E-state index contributed by atoms with van der Waals surface area (Å²) in [4.78, 5) is 24.5. The third-order valence-corrected chi connectivity index (χ3v) is 3.17. The second kappa shape index (κ2) is 5.46. The standard InChI is InChI=1S/C11H17NO5/c13-10(9-7-16-4-5-17-9)12-3-1-2-8(6-12)11(14)15/h8-9H,1-7H2,(H,14,15)/t8-,9-/m0/s1. The van der Waals surface area contributed by atoms with Gasteiger partial charge in [0.15, 0.2) is 6.10 Å². The smallest absolute Gasteiger partial charge is 0.308 e. The number of carboxylic acids is 1. The van der Waals surface area contributed by atoms with E-state index in [1.807, 2.05) is 0 Å². The molecule has 1 amide bonds. The van der Waals surface area contributed by atoms with Gasteiger partial charge in [0.1, 0.15) is 0 Å². The highest BCUT2D eigenvalue weighted by molar-refractivity contribution is 5.82. The summed E-state index contributed by atoms with van der Waals surface area (Å²) in [5.41, 5.74) is 0. The summed E-state index contributed by atoms with van der Waals surface area (Å²) < 4.78 is 10.5. The number of rotatable bonds is 2. The van der Waals surface area contributed by atoms with Crippen LogP contribution in [0.5, 0.6) is 0 Å². The Labute approximate surface area is 99.5 Å². The van der Waals surface area contributed by atoms with Gasteiger partial charge in [0.2, 0.25) is 0 Å². The number of aliphatic carboxylic acids is 1. The number of carboxylic acid groups (broad SMARTS) is 1. The summed E-state index contributed by atoms with van der Waals surface area (Å²) in [6.45, 7) is 2.11. The first-order chi connectivity index (χ1) is 8.18. The lowest BCUT2D eigenvalue weighted by atomic mass is 9.98. The highest BCUT2D eigenvalue weighted by Crippen LogP contribution is 2.18. The fourth-order valence-corrected chi connectivity index (χ4v) is 2.21. The van der Waals surface area contributed by atoms with E-state index in [4.69, 9.17) is 14.6 Å². The molecule has 0 bridgehead atoms. The number of ether oxygens (including phenoxy) is 2. The second-order valence-corrected chi connectivity index (χ2v) is 4.40. The van der Waals surface area contributed by atoms with Crippen LogP contribution in [0.1, 0.15) is 12.8 Å². The Kier molecular flexibility index (Phi) is 3.96. The highest BCUT2D eigenvalue weighted by atomic mass is 16.6. The molecule has 17 heavy (non-hydrogen) atoms. The zero-order valence-electron chi connectivity index (χ0n) is 9.63. The molecule has 2 heterocycles. The first kappa shape index (κ1) is 12.3. The van der Waals surface area contributed by atoms with E-state index in [2.05, 4.69) is 0 Å². The van der Waals surface area contributed by atoms with Crippen LogP contribution < -0.4 is 0 Å². The van der Waals surface area contributed by atoms with Gasteiger partial charge in [0.25, 0.3) is 5.91 Å². The van der Waals surface area contributed by atoms with Crippen molar-refractivity contribution >= 4 is 11.9 Å². The van der Waals surface area contributed by atoms with Gasteiger partial charge in [-0.15, -0.1) is 0 Å². The van der Waals surface area contributed by atoms with Crippen LogP contribution in [0.15, 0.2) is 0 Å². The van der Waals surface area contributed by atoms with Crippen LogP contribution in [-0.4, -0.2) is 60.9 Å². The molecule has 2 saturated heterocycles. The summed E-state index contributed by atoms with van der Waals surface area (Å²) in [5, 5.41) is 8.95. The topological polar surface area (TPSA) is 76.1 Å². The summed E-state index contributed by atoms with van der Waals surface area (Å²) >= 11 is 0. The van der Waals surface area contributed by atoms with E-state index in [1.54, 1.807) is 4.90 Å². The molecule has 6 heteroatoms. The molecule has 0 radical (unpaired) electrons. The van der Waals surface area contributed by atoms with Gasteiger partial charge in [0.05, 0.1) is 25.7 Å². The summed E-state index contributed by atoms with van der Waals surface area (Å²) in [6, 6.07) is 0. The lowest BCUT2D eigenvalue weighted by molar-refractivity contribution is -0.161. The summed E-state index contributed by atoms with van der Waals surface area (Å²) in [6.07, 6.45) is 0.813. The Balaban J connectivity index is 1.91. The first-order valence-corrected chi connectivity index (χ1v) is 5.89. The molecule has 0 unspecified atom stereocenters. The average Bonchev–Trinajstić information content (AvgIpc) is 2.39. The van der Waals surface area contributed by atoms with Gasteiger partial charge in [-0.1, -0.05) is 0 Å². The van der Waals surface area contributed by atoms with Crippen molar-refractivity contribution < 1.29 is 24.2 Å². The number of nitrogens with zero attached hydrogens (tertiary/aromatic N) is 1. The molecule has 0 aliphatic carbocycles. The van der Waals surface area contributed by atoms with Gasteiger partial charge in [-0.25, -0.2) is 0 Å². The van der Waals surface area contributed by atoms with Gasteiger partial charge in [0, 0.05) is 13.1 Å². The first-order valence-electron chi connectivity index (χ1n) is 5.89. The van der Waals surface area contributed by atoms with Gasteiger partial charge < -0.3 is 19.5 Å². The number of hydrogen-bond donors (Lipinski definition) is 1. The molecule has 2 aliphatic rings. The maximum atomic E-state index is 12.0. The van der Waals surface area contributed by atoms with Crippen LogP contribution in [-0.2, 0) is 19.1 Å². The SMILES string of the molecule is O=C(O)[C@H]1CCCN(C(=O)[C@@H]2COCCO2)C1. The molecule has 0 aromatic heterocycles. The largest absolute Gasteiger partial charge is 0.481 e. The molecule has 96 valence electrons. The molecular formula is C11H17NO5. The van der Waals surface area contributed by atoms with Crippen molar-refractivity contribution in [2.24, 2.45) is 5.92 Å². The van der Waals surface area contributed by atoms with Crippen LogP contribution in [0.4, 0.5) is 0 Å². The van der Waals surface area contributed by atoms with Gasteiger partial charge in [-0.3, -0.25) is 9.59 Å². The van der Waals surface area contributed by atoms with Crippen molar-refractivity contribution in [3.8, 4) is 0 Å². The fraction of sp³-hybridized carbons (Fsp3) is 0.818. The van der Waals surface area contributed by atoms with Crippen molar-refractivity contribution in [3.05, 3.63) is 0 Å². The van der Waals surface area contributed by atoms with Crippen molar-refractivity contribution in [1.82, 2.24) is 4.90 Å². The monoisotopic (exact) mass is 243 g/mol. The lowest BCUT2D eigenvalue weighted by Crippen LogP contribution is -2.49. The summed E-state index contributed by atoms with van der Waals surface area (Å²) in [5.74, 6) is -1.42. The Morgan fingerprint density at radius 2 is 2.12 bits per heavy atom.